The maximum absolute atomic E-state index is 12.6. The second-order valence-electron chi connectivity index (χ2n) is 7.07. The van der Waals surface area contributed by atoms with Gasteiger partial charge in [-0.3, -0.25) is 4.79 Å². The van der Waals surface area contributed by atoms with Crippen LogP contribution >= 0.6 is 11.8 Å². The molecular weight excluding hydrogens is 380 g/mol. The number of hydrogen-bond donors (Lipinski definition) is 0. The zero-order valence-electron chi connectivity index (χ0n) is 16.5. The van der Waals surface area contributed by atoms with Gasteiger partial charge < -0.3 is 9.80 Å². The monoisotopic (exact) mass is 404 g/mol. The lowest BCUT2D eigenvalue weighted by molar-refractivity contribution is -0.128. The third kappa shape index (κ3) is 4.95. The number of rotatable bonds is 5. The van der Waals surface area contributed by atoms with E-state index in [2.05, 4.69) is 41.1 Å². The number of aryl methyl sites for hydroxylation is 1. The Morgan fingerprint density at radius 3 is 2.41 bits per heavy atom. The lowest BCUT2D eigenvalue weighted by Crippen LogP contribution is -2.49. The minimum atomic E-state index is 0.197. The fourth-order valence-corrected chi connectivity index (χ4v) is 4.11. The number of aromatic nitrogens is 2. The van der Waals surface area contributed by atoms with Crippen LogP contribution in [-0.2, 0) is 4.79 Å². The smallest absolute Gasteiger partial charge is 0.233 e. The molecule has 5 nitrogen and oxygen atoms in total. The molecule has 29 heavy (non-hydrogen) atoms. The standard InChI is InChI=1S/C23H24N4OS/c1-18-7-9-20(10-8-18)29-17-22(28)27-15-13-26(14-16-27)21-11-12-24-23(25-21)19-5-3-2-4-6-19/h2-12H,13-17H2,1H3. The van der Waals surface area contributed by atoms with Gasteiger partial charge in [0.05, 0.1) is 5.75 Å². The van der Waals surface area contributed by atoms with Gasteiger partial charge in [0.2, 0.25) is 5.91 Å². The predicted molar refractivity (Wildman–Crippen MR) is 118 cm³/mol. The van der Waals surface area contributed by atoms with E-state index in [4.69, 9.17) is 4.98 Å². The van der Waals surface area contributed by atoms with Crippen LogP contribution in [0.25, 0.3) is 11.4 Å². The van der Waals surface area contributed by atoms with Crippen LogP contribution in [0.1, 0.15) is 5.56 Å². The van der Waals surface area contributed by atoms with Crippen LogP contribution in [0.2, 0.25) is 0 Å². The number of hydrogen-bond acceptors (Lipinski definition) is 5. The third-order valence-electron chi connectivity index (χ3n) is 5.01. The van der Waals surface area contributed by atoms with Crippen molar-refractivity contribution in [2.24, 2.45) is 0 Å². The fraction of sp³-hybridized carbons (Fsp3) is 0.261. The molecule has 0 spiro atoms. The highest BCUT2D eigenvalue weighted by Crippen LogP contribution is 2.21. The van der Waals surface area contributed by atoms with Crippen LogP contribution in [0.3, 0.4) is 0 Å². The average molecular weight is 405 g/mol. The van der Waals surface area contributed by atoms with Gasteiger partial charge in [0.1, 0.15) is 5.82 Å². The third-order valence-corrected chi connectivity index (χ3v) is 6.01. The van der Waals surface area contributed by atoms with Crippen molar-refractivity contribution in [3.8, 4) is 11.4 Å². The van der Waals surface area contributed by atoms with E-state index in [0.29, 0.717) is 5.75 Å². The van der Waals surface area contributed by atoms with E-state index in [0.717, 1.165) is 48.3 Å². The maximum atomic E-state index is 12.6. The molecule has 1 amide bonds. The van der Waals surface area contributed by atoms with Crippen LogP contribution in [0.4, 0.5) is 5.82 Å². The molecule has 2 aromatic carbocycles. The molecule has 0 radical (unpaired) electrons. The van der Waals surface area contributed by atoms with E-state index in [9.17, 15) is 4.79 Å². The minimum absolute atomic E-state index is 0.197. The van der Waals surface area contributed by atoms with Gasteiger partial charge in [-0.2, -0.15) is 0 Å². The molecule has 0 saturated carbocycles. The number of carbonyl (C=O) groups excluding carboxylic acids is 1. The number of piperazine rings is 1. The molecule has 1 aromatic heterocycles. The first-order valence-electron chi connectivity index (χ1n) is 9.80. The topological polar surface area (TPSA) is 49.3 Å². The molecule has 0 bridgehead atoms. The number of benzene rings is 2. The molecule has 0 atom stereocenters. The second kappa shape index (κ2) is 9.09. The molecule has 1 aliphatic rings. The Bertz CT molecular complexity index is 954. The molecule has 0 N–H and O–H groups in total. The summed E-state index contributed by atoms with van der Waals surface area (Å²) in [5.74, 6) is 2.33. The first kappa shape index (κ1) is 19.5. The zero-order valence-corrected chi connectivity index (χ0v) is 17.3. The Balaban J connectivity index is 1.32. The van der Waals surface area contributed by atoms with Crippen LogP contribution in [0, 0.1) is 6.92 Å². The Labute approximate surface area is 175 Å². The lowest BCUT2D eigenvalue weighted by atomic mass is 10.2. The number of anilines is 1. The summed E-state index contributed by atoms with van der Waals surface area (Å²) in [4.78, 5) is 27.0. The van der Waals surface area contributed by atoms with Gasteiger partial charge in [-0.1, -0.05) is 48.0 Å². The average Bonchev–Trinajstić information content (AvgIpc) is 2.79. The van der Waals surface area contributed by atoms with Crippen molar-refractivity contribution in [2.75, 3.05) is 36.8 Å². The van der Waals surface area contributed by atoms with Crippen molar-refractivity contribution in [3.63, 3.8) is 0 Å². The van der Waals surface area contributed by atoms with Crippen molar-refractivity contribution >= 4 is 23.5 Å². The van der Waals surface area contributed by atoms with Crippen molar-refractivity contribution in [1.29, 1.82) is 0 Å². The van der Waals surface area contributed by atoms with E-state index in [1.807, 2.05) is 41.3 Å². The summed E-state index contributed by atoms with van der Waals surface area (Å²) < 4.78 is 0. The highest BCUT2D eigenvalue weighted by molar-refractivity contribution is 8.00. The normalized spacial score (nSPS) is 14.1. The Kier molecular flexibility index (Phi) is 6.10. The lowest BCUT2D eigenvalue weighted by Gasteiger charge is -2.35. The first-order chi connectivity index (χ1) is 14.2. The Hall–Kier alpha value is -2.86. The minimum Gasteiger partial charge on any atom is -0.353 e. The predicted octanol–water partition coefficient (Wildman–Crippen LogP) is 3.89. The summed E-state index contributed by atoms with van der Waals surface area (Å²) in [5.41, 5.74) is 2.24. The van der Waals surface area contributed by atoms with Gasteiger partial charge in [-0.25, -0.2) is 9.97 Å². The number of nitrogens with zero attached hydrogens (tertiary/aromatic N) is 4. The zero-order chi connectivity index (χ0) is 20.1. The van der Waals surface area contributed by atoms with Crippen molar-refractivity contribution in [2.45, 2.75) is 11.8 Å². The van der Waals surface area contributed by atoms with E-state index < -0.39 is 0 Å². The molecule has 1 saturated heterocycles. The van der Waals surface area contributed by atoms with Gasteiger partial charge in [-0.05, 0) is 25.1 Å². The first-order valence-corrected chi connectivity index (χ1v) is 10.8. The highest BCUT2D eigenvalue weighted by atomic mass is 32.2. The van der Waals surface area contributed by atoms with Gasteiger partial charge in [0, 0.05) is 42.8 Å². The summed E-state index contributed by atoms with van der Waals surface area (Å²) in [6.45, 7) is 5.08. The molecule has 6 heteroatoms. The molecule has 1 fully saturated rings. The second-order valence-corrected chi connectivity index (χ2v) is 8.12. The molecule has 3 aromatic rings. The molecule has 0 unspecified atom stereocenters. The van der Waals surface area contributed by atoms with E-state index >= 15 is 0 Å². The van der Waals surface area contributed by atoms with Crippen LogP contribution < -0.4 is 4.90 Å². The van der Waals surface area contributed by atoms with Crippen molar-refractivity contribution < 1.29 is 4.79 Å². The molecule has 0 aliphatic carbocycles. The summed E-state index contributed by atoms with van der Waals surface area (Å²) in [6.07, 6.45) is 1.81. The maximum Gasteiger partial charge on any atom is 0.233 e. The van der Waals surface area contributed by atoms with Crippen LogP contribution in [0.15, 0.2) is 71.8 Å². The van der Waals surface area contributed by atoms with E-state index in [-0.39, 0.29) is 5.91 Å². The number of thioether (sulfide) groups is 1. The Morgan fingerprint density at radius 1 is 0.966 bits per heavy atom. The molecule has 148 valence electrons. The van der Waals surface area contributed by atoms with Gasteiger partial charge in [0.15, 0.2) is 5.82 Å². The number of amides is 1. The summed E-state index contributed by atoms with van der Waals surface area (Å²) >= 11 is 1.60. The largest absolute Gasteiger partial charge is 0.353 e. The van der Waals surface area contributed by atoms with Crippen LogP contribution in [0.5, 0.6) is 0 Å². The van der Waals surface area contributed by atoms with Gasteiger partial charge in [0.25, 0.3) is 0 Å². The molecule has 2 heterocycles. The Morgan fingerprint density at radius 2 is 1.69 bits per heavy atom. The SMILES string of the molecule is Cc1ccc(SCC(=O)N2CCN(c3ccnc(-c4ccccc4)n3)CC2)cc1. The highest BCUT2D eigenvalue weighted by Gasteiger charge is 2.22. The summed E-state index contributed by atoms with van der Waals surface area (Å²) in [7, 11) is 0. The van der Waals surface area contributed by atoms with Crippen molar-refractivity contribution in [3.05, 3.63) is 72.4 Å². The summed E-state index contributed by atoms with van der Waals surface area (Å²) in [6, 6.07) is 20.2. The molecule has 1 aliphatic heterocycles. The van der Waals surface area contributed by atoms with Gasteiger partial charge in [-0.15, -0.1) is 11.8 Å². The molecule has 4 rings (SSSR count). The van der Waals surface area contributed by atoms with Crippen LogP contribution in [-0.4, -0.2) is 52.7 Å². The van der Waals surface area contributed by atoms with Gasteiger partial charge >= 0.3 is 0 Å². The number of carbonyl (C=O) groups is 1. The fourth-order valence-electron chi connectivity index (χ4n) is 3.31. The molecular formula is C23H24N4OS. The van der Waals surface area contributed by atoms with E-state index in [1.165, 1.54) is 5.56 Å². The van der Waals surface area contributed by atoms with E-state index in [1.54, 1.807) is 18.0 Å². The summed E-state index contributed by atoms with van der Waals surface area (Å²) in [5, 5.41) is 0. The quantitative estimate of drug-likeness (QED) is 0.604. The van der Waals surface area contributed by atoms with Crippen molar-refractivity contribution in [1.82, 2.24) is 14.9 Å².